The maximum Gasteiger partial charge on any atom is 0.287 e. The molecule has 0 fully saturated rings. The van der Waals surface area contributed by atoms with Gasteiger partial charge in [-0.15, -0.1) is 0 Å². The van der Waals surface area contributed by atoms with Crippen LogP contribution in [0.4, 0.5) is 0 Å². The second-order valence-corrected chi connectivity index (χ2v) is 5.91. The number of methoxy groups -OCH3 is 3. The van der Waals surface area contributed by atoms with Crippen LogP contribution in [-0.4, -0.2) is 27.3 Å². The summed E-state index contributed by atoms with van der Waals surface area (Å²) in [7, 11) is 4.79. The third-order valence-corrected chi connectivity index (χ3v) is 4.42. The van der Waals surface area contributed by atoms with Gasteiger partial charge < -0.3 is 14.2 Å². The summed E-state index contributed by atoms with van der Waals surface area (Å²) in [6, 6.07) is 2.22. The second-order valence-electron chi connectivity index (χ2n) is 5.91. The Morgan fingerprint density at radius 1 is 0.857 bits per heavy atom. The number of nitriles is 1. The van der Waals surface area contributed by atoms with Crippen molar-refractivity contribution in [2.75, 3.05) is 21.3 Å². The van der Waals surface area contributed by atoms with Crippen molar-refractivity contribution in [3.8, 4) is 6.07 Å². The number of unbranched alkanes of at least 4 members (excludes halogenated alkanes) is 5. The van der Waals surface area contributed by atoms with Crippen molar-refractivity contribution < 1.29 is 14.2 Å². The van der Waals surface area contributed by atoms with Gasteiger partial charge in [-0.3, -0.25) is 0 Å². The molecule has 0 amide bonds. The minimum atomic E-state index is -1.08. The molecule has 1 unspecified atom stereocenters. The number of rotatable bonds is 13. The molecule has 1 atom stereocenters. The Balaban J connectivity index is 4.64. The van der Waals surface area contributed by atoms with Crippen LogP contribution in [0.5, 0.6) is 0 Å². The van der Waals surface area contributed by atoms with Gasteiger partial charge in [0, 0.05) is 27.8 Å². The fourth-order valence-electron chi connectivity index (χ4n) is 3.05. The summed E-state index contributed by atoms with van der Waals surface area (Å²) < 4.78 is 16.6. The summed E-state index contributed by atoms with van der Waals surface area (Å²) in [6.45, 7) is 4.32. The molecule has 0 spiro atoms. The van der Waals surface area contributed by atoms with E-state index in [1.165, 1.54) is 32.1 Å². The molecule has 124 valence electrons. The van der Waals surface area contributed by atoms with Crippen molar-refractivity contribution in [2.45, 2.75) is 77.6 Å². The van der Waals surface area contributed by atoms with E-state index in [9.17, 15) is 0 Å². The molecular weight excluding hydrogens is 266 g/mol. The third-order valence-electron chi connectivity index (χ3n) is 4.42. The number of ether oxygens (including phenoxy) is 3. The average molecular weight is 299 g/mol. The van der Waals surface area contributed by atoms with Gasteiger partial charge in [0.1, 0.15) is 0 Å². The Bertz CT molecular complexity index is 289. The van der Waals surface area contributed by atoms with Crippen LogP contribution in [0, 0.1) is 16.7 Å². The molecule has 0 aliphatic carbocycles. The Morgan fingerprint density at radius 2 is 1.38 bits per heavy atom. The van der Waals surface area contributed by atoms with Gasteiger partial charge in [0.05, 0.1) is 11.5 Å². The van der Waals surface area contributed by atoms with Gasteiger partial charge in [-0.05, 0) is 12.8 Å². The predicted molar refractivity (Wildman–Crippen MR) is 84.7 cm³/mol. The van der Waals surface area contributed by atoms with E-state index < -0.39 is 5.97 Å². The zero-order chi connectivity index (χ0) is 16.2. The van der Waals surface area contributed by atoms with Crippen molar-refractivity contribution in [1.29, 1.82) is 5.26 Å². The average Bonchev–Trinajstić information content (AvgIpc) is 2.51. The fraction of sp³-hybridized carbons (Fsp3) is 0.941. The fourth-order valence-corrected chi connectivity index (χ4v) is 3.05. The zero-order valence-corrected chi connectivity index (χ0v) is 14.5. The maximum absolute atomic E-state index is 8.91. The summed E-state index contributed by atoms with van der Waals surface area (Å²) in [5.41, 5.74) is -0.328. The Morgan fingerprint density at radius 3 is 1.86 bits per heavy atom. The highest BCUT2D eigenvalue weighted by Crippen LogP contribution is 2.44. The molecule has 0 aliphatic heterocycles. The van der Waals surface area contributed by atoms with E-state index in [1.54, 1.807) is 21.3 Å². The monoisotopic (exact) mass is 299 g/mol. The second kappa shape index (κ2) is 11.0. The van der Waals surface area contributed by atoms with Crippen molar-refractivity contribution in [2.24, 2.45) is 5.41 Å². The van der Waals surface area contributed by atoms with Crippen LogP contribution < -0.4 is 0 Å². The molecule has 0 rings (SSSR count). The molecule has 0 aromatic heterocycles. The Labute approximate surface area is 130 Å². The summed E-state index contributed by atoms with van der Waals surface area (Å²) >= 11 is 0. The molecule has 0 aliphatic rings. The van der Waals surface area contributed by atoms with Crippen LogP contribution in [0.15, 0.2) is 0 Å². The Hall–Kier alpha value is -0.630. The van der Waals surface area contributed by atoms with E-state index in [0.29, 0.717) is 12.8 Å². The zero-order valence-electron chi connectivity index (χ0n) is 14.5. The van der Waals surface area contributed by atoms with Crippen LogP contribution in [0.1, 0.15) is 71.6 Å². The van der Waals surface area contributed by atoms with E-state index in [0.717, 1.165) is 12.8 Å². The number of hydrogen-bond donors (Lipinski definition) is 0. The third kappa shape index (κ3) is 5.94. The first kappa shape index (κ1) is 20.4. The van der Waals surface area contributed by atoms with E-state index in [2.05, 4.69) is 19.9 Å². The van der Waals surface area contributed by atoms with Crippen molar-refractivity contribution >= 4 is 0 Å². The van der Waals surface area contributed by atoms with Gasteiger partial charge >= 0.3 is 0 Å². The van der Waals surface area contributed by atoms with E-state index >= 15 is 0 Å². The van der Waals surface area contributed by atoms with Crippen LogP contribution >= 0.6 is 0 Å². The highest BCUT2D eigenvalue weighted by atomic mass is 16.9. The Kier molecular flexibility index (Phi) is 10.7. The first-order chi connectivity index (χ1) is 10.1. The van der Waals surface area contributed by atoms with E-state index in [1.807, 2.05) is 0 Å². The molecule has 0 aromatic carbocycles. The van der Waals surface area contributed by atoms with Gasteiger partial charge in [-0.25, -0.2) is 0 Å². The smallest absolute Gasteiger partial charge is 0.287 e. The lowest BCUT2D eigenvalue weighted by atomic mass is 9.77. The maximum atomic E-state index is 8.91. The molecule has 0 bridgehead atoms. The molecule has 0 aromatic rings. The van der Waals surface area contributed by atoms with Gasteiger partial charge in [0.25, 0.3) is 5.97 Å². The molecule has 4 nitrogen and oxygen atoms in total. The van der Waals surface area contributed by atoms with Gasteiger partial charge in [-0.2, -0.15) is 5.26 Å². The first-order valence-electron chi connectivity index (χ1n) is 8.08. The predicted octanol–water partition coefficient (Wildman–Crippen LogP) is 4.64. The number of nitrogens with zero attached hydrogens (tertiary/aromatic N) is 1. The molecule has 0 N–H and O–H groups in total. The molecule has 0 saturated carbocycles. The van der Waals surface area contributed by atoms with Crippen LogP contribution in [-0.2, 0) is 14.2 Å². The van der Waals surface area contributed by atoms with Gasteiger partial charge in [0.2, 0.25) is 0 Å². The van der Waals surface area contributed by atoms with E-state index in [4.69, 9.17) is 19.5 Å². The van der Waals surface area contributed by atoms with Crippen molar-refractivity contribution in [1.82, 2.24) is 0 Å². The largest absolute Gasteiger partial charge is 0.330 e. The van der Waals surface area contributed by atoms with E-state index in [-0.39, 0.29) is 5.41 Å². The quantitative estimate of drug-likeness (QED) is 0.367. The topological polar surface area (TPSA) is 51.5 Å². The van der Waals surface area contributed by atoms with Crippen molar-refractivity contribution in [3.05, 3.63) is 0 Å². The lowest BCUT2D eigenvalue weighted by Gasteiger charge is -2.44. The van der Waals surface area contributed by atoms with Crippen LogP contribution in [0.3, 0.4) is 0 Å². The minimum Gasteiger partial charge on any atom is -0.330 e. The molecule has 0 saturated heterocycles. The van der Waals surface area contributed by atoms with Gasteiger partial charge in [0.15, 0.2) is 0 Å². The van der Waals surface area contributed by atoms with Crippen molar-refractivity contribution in [3.63, 3.8) is 0 Å². The van der Waals surface area contributed by atoms with Crippen LogP contribution in [0.25, 0.3) is 0 Å². The standard InChI is InChI=1S/C17H33NO3/c1-6-7-8-9-10-11-13-16(2,14-12-15-18)17(19-3,20-4)21-5/h6-14H2,1-5H3. The summed E-state index contributed by atoms with van der Waals surface area (Å²) in [6.07, 6.45) is 9.55. The molecule has 0 radical (unpaired) electrons. The highest BCUT2D eigenvalue weighted by Gasteiger charge is 2.49. The summed E-state index contributed by atoms with van der Waals surface area (Å²) in [4.78, 5) is 0. The lowest BCUT2D eigenvalue weighted by molar-refractivity contribution is -0.406. The molecule has 21 heavy (non-hydrogen) atoms. The van der Waals surface area contributed by atoms with Crippen LogP contribution in [0.2, 0.25) is 0 Å². The summed E-state index contributed by atoms with van der Waals surface area (Å²) in [5.74, 6) is -1.08. The SMILES string of the molecule is CCCCCCCCC(C)(CCC#N)C(OC)(OC)OC. The highest BCUT2D eigenvalue weighted by molar-refractivity contribution is 4.88. The minimum absolute atomic E-state index is 0.328. The number of hydrogen-bond acceptors (Lipinski definition) is 4. The molecule has 0 heterocycles. The first-order valence-corrected chi connectivity index (χ1v) is 8.08. The van der Waals surface area contributed by atoms with Gasteiger partial charge in [-0.1, -0.05) is 52.4 Å². The molecule has 4 heteroatoms. The lowest BCUT2D eigenvalue weighted by Crippen LogP contribution is -2.51. The summed E-state index contributed by atoms with van der Waals surface area (Å²) in [5, 5.41) is 8.91. The normalized spacial score (nSPS) is 14.7. The molecular formula is C17H33NO3.